The summed E-state index contributed by atoms with van der Waals surface area (Å²) in [4.78, 5) is 21.2. The van der Waals surface area contributed by atoms with E-state index in [-0.39, 0.29) is 23.8 Å². The van der Waals surface area contributed by atoms with Gasteiger partial charge in [-0.1, -0.05) is 48.9 Å². The van der Waals surface area contributed by atoms with E-state index in [1.807, 2.05) is 30.3 Å². The van der Waals surface area contributed by atoms with Crippen molar-refractivity contribution < 1.29 is 14.8 Å². The van der Waals surface area contributed by atoms with Gasteiger partial charge in [-0.25, -0.2) is 0 Å². The van der Waals surface area contributed by atoms with Crippen molar-refractivity contribution in [1.29, 1.82) is 0 Å². The normalized spacial score (nSPS) is 26.6. The summed E-state index contributed by atoms with van der Waals surface area (Å²) < 4.78 is 0. The van der Waals surface area contributed by atoms with Crippen LogP contribution in [0.5, 0.6) is 0 Å². The Morgan fingerprint density at radius 3 is 2.56 bits per heavy atom. The van der Waals surface area contributed by atoms with Crippen molar-refractivity contribution in [2.24, 2.45) is 23.0 Å². The molecule has 2 aliphatic carbocycles. The largest absolute Gasteiger partial charge is 0.481 e. The lowest BCUT2D eigenvalue weighted by molar-refractivity contribution is -0.505. The number of nitro groups is 1. The van der Waals surface area contributed by atoms with Crippen LogP contribution in [0.1, 0.15) is 38.2 Å². The molecule has 3 atom stereocenters. The summed E-state index contributed by atoms with van der Waals surface area (Å²) in [7, 11) is 0. The smallest absolute Gasteiger partial charge is 0.304 e. The number of benzene rings is 1. The summed E-state index contributed by atoms with van der Waals surface area (Å²) in [6, 6.07) is 9.99. The molecule has 0 aliphatic heterocycles. The number of rotatable bonds is 6. The van der Waals surface area contributed by atoms with Gasteiger partial charge in [0.15, 0.2) is 0 Å². The highest BCUT2D eigenvalue weighted by atomic mass is 16.6. The molecule has 0 heterocycles. The predicted octanol–water partition coefficient (Wildman–Crippen LogP) is 3.25. The average Bonchev–Trinajstić information content (AvgIpc) is 2.92. The zero-order valence-corrected chi connectivity index (χ0v) is 14.6. The number of carboxylic acids is 1. The van der Waals surface area contributed by atoms with Crippen LogP contribution < -0.4 is 5.73 Å². The van der Waals surface area contributed by atoms with Gasteiger partial charge in [-0.05, 0) is 36.7 Å². The molecular formula is C19H26N2O4. The van der Waals surface area contributed by atoms with Gasteiger partial charge >= 0.3 is 5.97 Å². The molecule has 3 N–H and O–H groups in total. The highest BCUT2D eigenvalue weighted by Gasteiger charge is 2.58. The summed E-state index contributed by atoms with van der Waals surface area (Å²) in [5.74, 6) is -0.369. The van der Waals surface area contributed by atoms with Crippen LogP contribution in [-0.4, -0.2) is 22.5 Å². The SMILES string of the molecule is CCC1=C[C@@H]2[C@H](C1)C[C@@]2(CC(=O)O)C[N+](=O)[O-].NCc1ccccc1. The number of hydrogen-bond donors (Lipinski definition) is 2. The minimum Gasteiger partial charge on any atom is -0.481 e. The lowest BCUT2D eigenvalue weighted by atomic mass is 9.53. The number of carboxylic acid groups (broad SMARTS) is 1. The zero-order chi connectivity index (χ0) is 18.4. The molecule has 2 aliphatic rings. The van der Waals surface area contributed by atoms with E-state index >= 15 is 0 Å². The van der Waals surface area contributed by atoms with Gasteiger partial charge in [0.2, 0.25) is 6.54 Å². The molecule has 1 aromatic carbocycles. The van der Waals surface area contributed by atoms with E-state index in [1.54, 1.807) is 0 Å². The van der Waals surface area contributed by atoms with E-state index in [0.717, 1.165) is 12.8 Å². The maximum Gasteiger partial charge on any atom is 0.304 e. The molecule has 136 valence electrons. The van der Waals surface area contributed by atoms with E-state index in [4.69, 9.17) is 10.8 Å². The topological polar surface area (TPSA) is 106 Å². The lowest BCUT2D eigenvalue weighted by Gasteiger charge is -2.48. The molecule has 25 heavy (non-hydrogen) atoms. The molecule has 1 aromatic rings. The van der Waals surface area contributed by atoms with Crippen molar-refractivity contribution in [3.63, 3.8) is 0 Å². The van der Waals surface area contributed by atoms with Crippen LogP contribution >= 0.6 is 0 Å². The number of carbonyl (C=O) groups is 1. The van der Waals surface area contributed by atoms with Crippen molar-refractivity contribution in [2.45, 2.75) is 39.2 Å². The molecule has 1 fully saturated rings. The van der Waals surface area contributed by atoms with Crippen molar-refractivity contribution in [1.82, 2.24) is 0 Å². The molecule has 0 radical (unpaired) electrons. The summed E-state index contributed by atoms with van der Waals surface area (Å²) >= 11 is 0. The lowest BCUT2D eigenvalue weighted by Crippen LogP contribution is -2.50. The fourth-order valence-electron chi connectivity index (χ4n) is 4.15. The van der Waals surface area contributed by atoms with Crippen molar-refractivity contribution in [3.05, 3.63) is 57.7 Å². The maximum atomic E-state index is 10.9. The third-order valence-corrected chi connectivity index (χ3v) is 5.30. The highest BCUT2D eigenvalue weighted by molar-refractivity contribution is 5.68. The van der Waals surface area contributed by atoms with Gasteiger partial charge in [-0.3, -0.25) is 14.9 Å². The maximum absolute atomic E-state index is 10.9. The first-order valence-corrected chi connectivity index (χ1v) is 8.67. The predicted molar refractivity (Wildman–Crippen MR) is 95.5 cm³/mol. The van der Waals surface area contributed by atoms with Crippen molar-refractivity contribution in [3.8, 4) is 0 Å². The summed E-state index contributed by atoms with van der Waals surface area (Å²) in [5, 5.41) is 19.6. The summed E-state index contributed by atoms with van der Waals surface area (Å²) in [5.41, 5.74) is 7.24. The summed E-state index contributed by atoms with van der Waals surface area (Å²) in [6.07, 6.45) is 4.67. The Morgan fingerprint density at radius 2 is 2.08 bits per heavy atom. The average molecular weight is 346 g/mol. The number of allylic oxidation sites excluding steroid dienone is 2. The molecule has 0 bridgehead atoms. The number of hydrogen-bond acceptors (Lipinski definition) is 4. The van der Waals surface area contributed by atoms with E-state index in [2.05, 4.69) is 13.0 Å². The Hall–Kier alpha value is -2.21. The minimum atomic E-state index is -0.927. The number of aliphatic carboxylic acids is 1. The van der Waals surface area contributed by atoms with Crippen molar-refractivity contribution in [2.75, 3.05) is 6.54 Å². The Bertz CT molecular complexity index is 626. The molecule has 0 unspecified atom stereocenters. The van der Waals surface area contributed by atoms with Gasteiger partial charge in [-0.2, -0.15) is 0 Å². The second-order valence-corrected chi connectivity index (χ2v) is 6.99. The van der Waals surface area contributed by atoms with Crippen LogP contribution in [-0.2, 0) is 11.3 Å². The van der Waals surface area contributed by atoms with Crippen LogP contribution in [0.4, 0.5) is 0 Å². The quantitative estimate of drug-likeness (QED) is 0.467. The van der Waals surface area contributed by atoms with Gasteiger partial charge in [0.25, 0.3) is 0 Å². The zero-order valence-electron chi connectivity index (χ0n) is 14.6. The van der Waals surface area contributed by atoms with Crippen LogP contribution in [0, 0.1) is 27.4 Å². The number of nitrogens with zero attached hydrogens (tertiary/aromatic N) is 1. The Kier molecular flexibility index (Phi) is 6.31. The third-order valence-electron chi connectivity index (χ3n) is 5.30. The Balaban J connectivity index is 0.000000236. The van der Waals surface area contributed by atoms with Crippen LogP contribution in [0.3, 0.4) is 0 Å². The first-order chi connectivity index (χ1) is 11.9. The molecule has 3 rings (SSSR count). The standard InChI is InChI=1S/C12H17NO4.C7H9N/c1-2-8-3-9-5-12(6-11(14)15,7-13(16)17)10(9)4-8;8-6-7-4-2-1-3-5-7/h4,9-10H,2-3,5-7H2,1H3,(H,14,15);1-5H,6,8H2/t9-,10-,12-;/m1./s1. The fourth-order valence-corrected chi connectivity index (χ4v) is 4.15. The second-order valence-electron chi connectivity index (χ2n) is 6.99. The molecule has 0 aromatic heterocycles. The monoisotopic (exact) mass is 346 g/mol. The highest BCUT2D eigenvalue weighted by Crippen LogP contribution is 2.60. The molecule has 0 amide bonds. The van der Waals surface area contributed by atoms with E-state index < -0.39 is 11.4 Å². The Morgan fingerprint density at radius 1 is 1.40 bits per heavy atom. The Labute approximate surface area is 147 Å². The van der Waals surface area contributed by atoms with Gasteiger partial charge in [0.05, 0.1) is 11.8 Å². The second kappa shape index (κ2) is 8.25. The molecule has 6 nitrogen and oxygen atoms in total. The minimum absolute atomic E-state index is 0.0807. The third kappa shape index (κ3) is 4.66. The van der Waals surface area contributed by atoms with Crippen LogP contribution in [0.2, 0.25) is 0 Å². The van der Waals surface area contributed by atoms with Crippen LogP contribution in [0.15, 0.2) is 42.0 Å². The first-order valence-electron chi connectivity index (χ1n) is 8.67. The molecule has 6 heteroatoms. The summed E-state index contributed by atoms with van der Waals surface area (Å²) in [6.45, 7) is 2.50. The van der Waals surface area contributed by atoms with Crippen molar-refractivity contribution >= 4 is 5.97 Å². The van der Waals surface area contributed by atoms with Gasteiger partial charge in [-0.15, -0.1) is 0 Å². The van der Waals surface area contributed by atoms with Crippen LogP contribution in [0.25, 0.3) is 0 Å². The first kappa shape index (κ1) is 19.1. The van der Waals surface area contributed by atoms with E-state index in [9.17, 15) is 14.9 Å². The number of fused-ring (bicyclic) bond motifs is 1. The fraction of sp³-hybridized carbons (Fsp3) is 0.526. The van der Waals surface area contributed by atoms with E-state index in [1.165, 1.54) is 11.1 Å². The van der Waals surface area contributed by atoms with E-state index in [0.29, 0.717) is 18.9 Å². The molecule has 1 saturated carbocycles. The molecule has 0 saturated heterocycles. The molecular weight excluding hydrogens is 320 g/mol. The number of nitrogens with two attached hydrogens (primary N) is 1. The molecule has 0 spiro atoms. The van der Waals surface area contributed by atoms with Gasteiger partial charge in [0.1, 0.15) is 0 Å². The van der Waals surface area contributed by atoms with Gasteiger partial charge < -0.3 is 10.8 Å². The van der Waals surface area contributed by atoms with Gasteiger partial charge in [0, 0.05) is 11.5 Å².